The largest absolute Gasteiger partial charge is 0.481 e. The molecule has 0 fully saturated rings. The van der Waals surface area contributed by atoms with Crippen LogP contribution < -0.4 is 0 Å². The summed E-state index contributed by atoms with van der Waals surface area (Å²) in [6.45, 7) is 4.41. The Balaban J connectivity index is 3.94. The van der Waals surface area contributed by atoms with E-state index < -0.39 is 11.9 Å². The van der Waals surface area contributed by atoms with Crippen molar-refractivity contribution in [1.29, 1.82) is 0 Å². The molecule has 5 nitrogen and oxygen atoms in total. The maximum atomic E-state index is 11.6. The van der Waals surface area contributed by atoms with Crippen LogP contribution in [0.25, 0.3) is 0 Å². The molecular weight excluding hydrogens is 222 g/mol. The lowest BCUT2D eigenvalue weighted by atomic mass is 9.98. The number of aliphatic carboxylic acids is 1. The Bertz CT molecular complexity index is 270. The van der Waals surface area contributed by atoms with E-state index in [1.807, 2.05) is 21.1 Å². The number of hydrogen-bond donors (Lipinski definition) is 1. The Kier molecular flexibility index (Phi) is 6.16. The molecule has 0 rings (SSSR count). The van der Waals surface area contributed by atoms with Gasteiger partial charge < -0.3 is 14.3 Å². The fourth-order valence-corrected chi connectivity index (χ4v) is 1.29. The number of likely N-dealkylation sites (N-methyl/N-ethyl adjacent to an activating group) is 1. The topological polar surface area (TPSA) is 63.6 Å². The third-order valence-electron chi connectivity index (χ3n) is 2.54. The van der Waals surface area contributed by atoms with Gasteiger partial charge in [-0.2, -0.15) is 0 Å². The number of rotatable bonds is 7. The highest BCUT2D eigenvalue weighted by Crippen LogP contribution is 2.13. The van der Waals surface area contributed by atoms with Crippen molar-refractivity contribution in [2.24, 2.45) is 11.8 Å². The minimum Gasteiger partial charge on any atom is -0.481 e. The van der Waals surface area contributed by atoms with Gasteiger partial charge in [-0.05, 0) is 6.42 Å². The SMILES string of the molecule is CC(CC(C)C(=O)OCC[N+](C)(C)C)C(=O)O. The fourth-order valence-electron chi connectivity index (χ4n) is 1.29. The van der Waals surface area contributed by atoms with E-state index in [2.05, 4.69) is 0 Å². The third-order valence-corrected chi connectivity index (χ3v) is 2.54. The Hall–Kier alpha value is -1.10. The van der Waals surface area contributed by atoms with E-state index >= 15 is 0 Å². The van der Waals surface area contributed by atoms with Gasteiger partial charge >= 0.3 is 11.9 Å². The van der Waals surface area contributed by atoms with Gasteiger partial charge in [0.25, 0.3) is 0 Å². The van der Waals surface area contributed by atoms with Crippen molar-refractivity contribution in [1.82, 2.24) is 0 Å². The summed E-state index contributed by atoms with van der Waals surface area (Å²) in [6, 6.07) is 0. The molecule has 100 valence electrons. The van der Waals surface area contributed by atoms with Gasteiger partial charge in [-0.15, -0.1) is 0 Å². The molecule has 0 heterocycles. The van der Waals surface area contributed by atoms with E-state index in [4.69, 9.17) is 9.84 Å². The normalized spacial score (nSPS) is 15.1. The lowest BCUT2D eigenvalue weighted by Gasteiger charge is -2.23. The first-order valence-corrected chi connectivity index (χ1v) is 5.83. The summed E-state index contributed by atoms with van der Waals surface area (Å²) in [4.78, 5) is 22.2. The van der Waals surface area contributed by atoms with Crippen molar-refractivity contribution in [3.8, 4) is 0 Å². The van der Waals surface area contributed by atoms with Gasteiger partial charge in [0.15, 0.2) is 0 Å². The molecule has 0 saturated carbocycles. The monoisotopic (exact) mass is 246 g/mol. The van der Waals surface area contributed by atoms with Crippen molar-refractivity contribution in [3.63, 3.8) is 0 Å². The molecule has 0 bridgehead atoms. The van der Waals surface area contributed by atoms with Crippen LogP contribution in [-0.4, -0.2) is 55.8 Å². The smallest absolute Gasteiger partial charge is 0.308 e. The van der Waals surface area contributed by atoms with Crippen LogP contribution in [0.15, 0.2) is 0 Å². The van der Waals surface area contributed by atoms with Gasteiger partial charge in [0.05, 0.1) is 33.0 Å². The Labute approximate surface area is 103 Å². The summed E-state index contributed by atoms with van der Waals surface area (Å²) in [5, 5.41) is 8.74. The second kappa shape index (κ2) is 6.59. The van der Waals surface area contributed by atoms with Crippen LogP contribution in [0, 0.1) is 11.8 Å². The minimum atomic E-state index is -0.879. The number of hydrogen-bond acceptors (Lipinski definition) is 3. The zero-order chi connectivity index (χ0) is 13.6. The molecule has 0 amide bonds. The zero-order valence-electron chi connectivity index (χ0n) is 11.4. The molecule has 0 spiro atoms. The summed E-state index contributed by atoms with van der Waals surface area (Å²) in [5.41, 5.74) is 0. The highest BCUT2D eigenvalue weighted by Gasteiger charge is 2.22. The fraction of sp³-hybridized carbons (Fsp3) is 0.833. The molecule has 0 saturated heterocycles. The average molecular weight is 246 g/mol. The molecule has 0 aliphatic rings. The van der Waals surface area contributed by atoms with E-state index in [1.54, 1.807) is 13.8 Å². The number of carboxylic acids is 1. The molecule has 17 heavy (non-hydrogen) atoms. The summed E-state index contributed by atoms with van der Waals surface area (Å²) in [5.74, 6) is -2.08. The van der Waals surface area contributed by atoms with Crippen molar-refractivity contribution in [3.05, 3.63) is 0 Å². The molecule has 2 unspecified atom stereocenters. The summed E-state index contributed by atoms with van der Waals surface area (Å²) >= 11 is 0. The highest BCUT2D eigenvalue weighted by molar-refractivity contribution is 5.74. The standard InChI is InChI=1S/C12H23NO4/c1-9(11(14)15)8-10(2)12(16)17-7-6-13(3,4)5/h9-10H,6-8H2,1-5H3/p+1. The molecule has 0 aromatic carbocycles. The Morgan fingerprint density at radius 2 is 1.71 bits per heavy atom. The predicted molar refractivity (Wildman–Crippen MR) is 64.4 cm³/mol. The first kappa shape index (κ1) is 15.9. The predicted octanol–water partition coefficient (Wildman–Crippen LogP) is 0.983. The molecule has 0 aromatic rings. The van der Waals surface area contributed by atoms with Gasteiger partial charge in [-0.25, -0.2) is 0 Å². The van der Waals surface area contributed by atoms with Gasteiger partial charge in [0, 0.05) is 0 Å². The van der Waals surface area contributed by atoms with Crippen LogP contribution in [0.2, 0.25) is 0 Å². The first-order valence-electron chi connectivity index (χ1n) is 5.83. The van der Waals surface area contributed by atoms with E-state index in [0.717, 1.165) is 11.0 Å². The van der Waals surface area contributed by atoms with Crippen LogP contribution in [-0.2, 0) is 14.3 Å². The van der Waals surface area contributed by atoms with Crippen LogP contribution >= 0.6 is 0 Å². The molecule has 0 aromatic heterocycles. The second-order valence-electron chi connectivity index (χ2n) is 5.56. The average Bonchev–Trinajstić information content (AvgIpc) is 2.15. The number of carboxylic acid groups (broad SMARTS) is 1. The van der Waals surface area contributed by atoms with Crippen LogP contribution in [0.4, 0.5) is 0 Å². The van der Waals surface area contributed by atoms with E-state index in [-0.39, 0.29) is 11.9 Å². The van der Waals surface area contributed by atoms with Gasteiger partial charge in [-0.3, -0.25) is 9.59 Å². The summed E-state index contributed by atoms with van der Waals surface area (Å²) < 4.78 is 5.84. The Morgan fingerprint density at radius 1 is 1.18 bits per heavy atom. The second-order valence-corrected chi connectivity index (χ2v) is 5.56. The van der Waals surface area contributed by atoms with E-state index in [9.17, 15) is 9.59 Å². The quantitative estimate of drug-likeness (QED) is 0.537. The van der Waals surface area contributed by atoms with Crippen molar-refractivity contribution >= 4 is 11.9 Å². The maximum Gasteiger partial charge on any atom is 0.308 e. The van der Waals surface area contributed by atoms with Crippen molar-refractivity contribution < 1.29 is 23.9 Å². The summed E-state index contributed by atoms with van der Waals surface area (Å²) in [7, 11) is 6.05. The minimum absolute atomic E-state index is 0.313. The first-order chi connectivity index (χ1) is 7.63. The van der Waals surface area contributed by atoms with E-state index in [0.29, 0.717) is 13.0 Å². The number of carbonyl (C=O) groups excluding carboxylic acids is 1. The number of nitrogens with zero attached hydrogens (tertiary/aromatic N) is 1. The van der Waals surface area contributed by atoms with E-state index in [1.165, 1.54) is 0 Å². The van der Waals surface area contributed by atoms with Gasteiger partial charge in [0.2, 0.25) is 0 Å². The van der Waals surface area contributed by atoms with Crippen molar-refractivity contribution in [2.75, 3.05) is 34.3 Å². The molecule has 1 N–H and O–H groups in total. The molecule has 2 atom stereocenters. The molecule has 0 radical (unpaired) electrons. The van der Waals surface area contributed by atoms with Gasteiger partial charge in [0.1, 0.15) is 13.2 Å². The maximum absolute atomic E-state index is 11.6. The molecular formula is C12H24NO4+. The molecule has 0 aliphatic carbocycles. The third kappa shape index (κ3) is 7.74. The Morgan fingerprint density at radius 3 is 2.12 bits per heavy atom. The van der Waals surface area contributed by atoms with Gasteiger partial charge in [-0.1, -0.05) is 13.8 Å². The zero-order valence-corrected chi connectivity index (χ0v) is 11.4. The van der Waals surface area contributed by atoms with Crippen LogP contribution in [0.3, 0.4) is 0 Å². The van der Waals surface area contributed by atoms with Crippen LogP contribution in [0.5, 0.6) is 0 Å². The lowest BCUT2D eigenvalue weighted by molar-refractivity contribution is -0.870. The summed E-state index contributed by atoms with van der Waals surface area (Å²) in [6.07, 6.45) is 0.318. The number of quaternary nitrogens is 1. The lowest BCUT2D eigenvalue weighted by Crippen LogP contribution is -2.38. The molecule has 0 aliphatic heterocycles. The van der Waals surface area contributed by atoms with Crippen molar-refractivity contribution in [2.45, 2.75) is 20.3 Å². The number of esters is 1. The molecule has 5 heteroatoms. The highest BCUT2D eigenvalue weighted by atomic mass is 16.5. The number of ether oxygens (including phenoxy) is 1. The number of carbonyl (C=O) groups is 2. The van der Waals surface area contributed by atoms with Crippen LogP contribution in [0.1, 0.15) is 20.3 Å².